The molecule has 1 aliphatic carbocycles. The normalized spacial score (nSPS) is 17.4. The molecule has 0 aromatic heterocycles. The van der Waals surface area contributed by atoms with Gasteiger partial charge in [0.1, 0.15) is 5.82 Å². The predicted octanol–water partition coefficient (Wildman–Crippen LogP) is 3.61. The van der Waals surface area contributed by atoms with Crippen LogP contribution in [0.15, 0.2) is 42.5 Å². The van der Waals surface area contributed by atoms with Crippen LogP contribution in [-0.4, -0.2) is 24.8 Å². The van der Waals surface area contributed by atoms with Gasteiger partial charge in [-0.1, -0.05) is 31.0 Å². The van der Waals surface area contributed by atoms with Crippen molar-refractivity contribution in [2.75, 3.05) is 6.79 Å². The first-order chi connectivity index (χ1) is 14.5. The largest absolute Gasteiger partial charge is 0.454 e. The minimum atomic E-state index is -0.940. The van der Waals surface area contributed by atoms with Gasteiger partial charge in [-0.2, -0.15) is 0 Å². The minimum Gasteiger partial charge on any atom is -0.454 e. The van der Waals surface area contributed by atoms with Crippen molar-refractivity contribution in [3.05, 3.63) is 59.4 Å². The van der Waals surface area contributed by atoms with Gasteiger partial charge in [0.15, 0.2) is 17.6 Å². The number of fused-ring (bicyclic) bond motifs is 1. The van der Waals surface area contributed by atoms with Gasteiger partial charge in [0.05, 0.1) is 5.41 Å². The number of nitrogens with one attached hydrogen (secondary N) is 1. The summed E-state index contributed by atoms with van der Waals surface area (Å²) < 4.78 is 29.5. The van der Waals surface area contributed by atoms with Crippen LogP contribution in [0.3, 0.4) is 0 Å². The van der Waals surface area contributed by atoms with Crippen LogP contribution < -0.4 is 14.8 Å². The summed E-state index contributed by atoms with van der Waals surface area (Å²) in [6.07, 6.45) is 2.09. The van der Waals surface area contributed by atoms with Crippen molar-refractivity contribution in [2.45, 2.75) is 50.7 Å². The Labute approximate surface area is 174 Å². The standard InChI is InChI=1S/C23H24FNO5/c1-15(21(26)25-13-16-4-9-19-20(12-16)29-14-28-19)30-22(27)23(10-2-3-11-23)17-5-7-18(24)8-6-17/h4-9,12,15H,2-3,10-11,13-14H2,1H3,(H,25,26)/t15-/m1/s1. The average Bonchev–Trinajstić information content (AvgIpc) is 3.42. The molecule has 30 heavy (non-hydrogen) atoms. The number of hydrogen-bond donors (Lipinski definition) is 1. The second-order valence-electron chi connectivity index (χ2n) is 7.75. The molecule has 0 unspecified atom stereocenters. The molecule has 1 N–H and O–H groups in total. The van der Waals surface area contributed by atoms with E-state index in [0.29, 0.717) is 24.3 Å². The molecule has 1 amide bonds. The highest BCUT2D eigenvalue weighted by atomic mass is 19.1. The van der Waals surface area contributed by atoms with Crippen LogP contribution in [0.4, 0.5) is 4.39 Å². The maximum Gasteiger partial charge on any atom is 0.317 e. The summed E-state index contributed by atoms with van der Waals surface area (Å²) in [5.74, 6) is 0.154. The summed E-state index contributed by atoms with van der Waals surface area (Å²) in [6, 6.07) is 11.4. The van der Waals surface area contributed by atoms with Crippen molar-refractivity contribution in [3.63, 3.8) is 0 Å². The Balaban J connectivity index is 1.38. The number of rotatable bonds is 6. The summed E-state index contributed by atoms with van der Waals surface area (Å²) in [6.45, 7) is 2.02. The molecule has 0 bridgehead atoms. The Morgan fingerprint density at radius 2 is 1.80 bits per heavy atom. The fraction of sp³-hybridized carbons (Fsp3) is 0.391. The van der Waals surface area contributed by atoms with E-state index < -0.39 is 17.5 Å². The Hall–Kier alpha value is -3.09. The zero-order valence-corrected chi connectivity index (χ0v) is 16.8. The SMILES string of the molecule is C[C@@H](OC(=O)C1(c2ccc(F)cc2)CCCC1)C(=O)NCc1ccc2c(c1)OCO2. The molecule has 1 fully saturated rings. The average molecular weight is 413 g/mol. The molecule has 1 aliphatic heterocycles. The topological polar surface area (TPSA) is 73.9 Å². The van der Waals surface area contributed by atoms with Crippen molar-refractivity contribution in [2.24, 2.45) is 0 Å². The zero-order valence-electron chi connectivity index (χ0n) is 16.8. The molecule has 0 saturated heterocycles. The Bertz CT molecular complexity index is 937. The quantitative estimate of drug-likeness (QED) is 0.733. The Morgan fingerprint density at radius 3 is 2.53 bits per heavy atom. The highest BCUT2D eigenvalue weighted by molar-refractivity contribution is 5.88. The van der Waals surface area contributed by atoms with Crippen molar-refractivity contribution < 1.29 is 28.2 Å². The molecular formula is C23H24FNO5. The molecule has 4 rings (SSSR count). The molecule has 6 nitrogen and oxygen atoms in total. The van der Waals surface area contributed by atoms with E-state index in [1.165, 1.54) is 12.1 Å². The van der Waals surface area contributed by atoms with Gasteiger partial charge < -0.3 is 19.5 Å². The molecule has 0 radical (unpaired) electrons. The van der Waals surface area contributed by atoms with Gasteiger partial charge in [-0.25, -0.2) is 4.39 Å². The van der Waals surface area contributed by atoms with Crippen molar-refractivity contribution in [1.82, 2.24) is 5.32 Å². The van der Waals surface area contributed by atoms with Crippen LogP contribution in [-0.2, 0) is 26.3 Å². The lowest BCUT2D eigenvalue weighted by atomic mass is 9.79. The molecule has 158 valence electrons. The fourth-order valence-corrected chi connectivity index (χ4v) is 4.07. The summed E-state index contributed by atoms with van der Waals surface area (Å²) in [7, 11) is 0. The van der Waals surface area contributed by atoms with E-state index in [2.05, 4.69) is 5.32 Å². The van der Waals surface area contributed by atoms with E-state index in [4.69, 9.17) is 14.2 Å². The van der Waals surface area contributed by atoms with Crippen molar-refractivity contribution in [3.8, 4) is 11.5 Å². The van der Waals surface area contributed by atoms with Gasteiger partial charge in [-0.15, -0.1) is 0 Å². The molecule has 1 saturated carbocycles. The number of amides is 1. The number of halogens is 1. The van der Waals surface area contributed by atoms with Crippen LogP contribution >= 0.6 is 0 Å². The summed E-state index contributed by atoms with van der Waals surface area (Å²) in [5, 5.41) is 2.78. The molecule has 1 atom stereocenters. The number of esters is 1. The minimum absolute atomic E-state index is 0.188. The van der Waals surface area contributed by atoms with E-state index >= 15 is 0 Å². The highest BCUT2D eigenvalue weighted by Gasteiger charge is 2.45. The van der Waals surface area contributed by atoms with Gasteiger partial charge in [-0.3, -0.25) is 9.59 Å². The molecule has 2 aliphatic rings. The van der Waals surface area contributed by atoms with Gasteiger partial charge in [-0.05, 0) is 55.2 Å². The number of carbonyl (C=O) groups excluding carboxylic acids is 2. The van der Waals surface area contributed by atoms with Crippen LogP contribution in [0.5, 0.6) is 11.5 Å². The molecule has 0 spiro atoms. The first kappa shape index (κ1) is 20.2. The van der Waals surface area contributed by atoms with Gasteiger partial charge in [0.2, 0.25) is 6.79 Å². The lowest BCUT2D eigenvalue weighted by Gasteiger charge is -2.28. The number of ether oxygens (including phenoxy) is 3. The second kappa shape index (κ2) is 8.34. The van der Waals surface area contributed by atoms with E-state index in [9.17, 15) is 14.0 Å². The molecule has 2 aromatic carbocycles. The third-order valence-corrected chi connectivity index (χ3v) is 5.80. The van der Waals surface area contributed by atoms with Crippen molar-refractivity contribution in [1.29, 1.82) is 0 Å². The van der Waals surface area contributed by atoms with Crippen molar-refractivity contribution >= 4 is 11.9 Å². The molecular weight excluding hydrogens is 389 g/mol. The molecule has 1 heterocycles. The first-order valence-corrected chi connectivity index (χ1v) is 10.1. The second-order valence-corrected chi connectivity index (χ2v) is 7.75. The van der Waals surface area contributed by atoms with Gasteiger partial charge in [0, 0.05) is 6.54 Å². The number of hydrogen-bond acceptors (Lipinski definition) is 5. The maximum absolute atomic E-state index is 13.3. The predicted molar refractivity (Wildman–Crippen MR) is 107 cm³/mol. The zero-order chi connectivity index (χ0) is 21.1. The first-order valence-electron chi connectivity index (χ1n) is 10.1. The van der Waals surface area contributed by atoms with Crippen LogP contribution in [0, 0.1) is 5.82 Å². The third kappa shape index (κ3) is 3.97. The van der Waals surface area contributed by atoms with Gasteiger partial charge >= 0.3 is 5.97 Å². The fourth-order valence-electron chi connectivity index (χ4n) is 4.07. The van der Waals surface area contributed by atoms with E-state index in [1.54, 1.807) is 31.2 Å². The smallest absolute Gasteiger partial charge is 0.317 e. The van der Waals surface area contributed by atoms with E-state index in [-0.39, 0.29) is 25.1 Å². The van der Waals surface area contributed by atoms with E-state index in [0.717, 1.165) is 24.0 Å². The lowest BCUT2D eigenvalue weighted by molar-refractivity contribution is -0.160. The maximum atomic E-state index is 13.3. The van der Waals surface area contributed by atoms with Crippen LogP contribution in [0.1, 0.15) is 43.7 Å². The Kier molecular flexibility index (Phi) is 5.61. The Morgan fingerprint density at radius 1 is 1.10 bits per heavy atom. The third-order valence-electron chi connectivity index (χ3n) is 5.80. The van der Waals surface area contributed by atoms with Crippen LogP contribution in [0.2, 0.25) is 0 Å². The number of carbonyl (C=O) groups is 2. The molecule has 7 heteroatoms. The monoisotopic (exact) mass is 413 g/mol. The number of benzene rings is 2. The highest BCUT2D eigenvalue weighted by Crippen LogP contribution is 2.42. The summed E-state index contributed by atoms with van der Waals surface area (Å²) in [5.41, 5.74) is 0.767. The molecule has 2 aromatic rings. The summed E-state index contributed by atoms with van der Waals surface area (Å²) >= 11 is 0. The van der Waals surface area contributed by atoms with Gasteiger partial charge in [0.25, 0.3) is 5.91 Å². The summed E-state index contributed by atoms with van der Waals surface area (Å²) in [4.78, 5) is 25.5. The van der Waals surface area contributed by atoms with E-state index in [1.807, 2.05) is 6.07 Å². The lowest BCUT2D eigenvalue weighted by Crippen LogP contribution is -2.41. The van der Waals surface area contributed by atoms with Crippen LogP contribution in [0.25, 0.3) is 0 Å².